The highest BCUT2D eigenvalue weighted by molar-refractivity contribution is 7.07. The quantitative estimate of drug-likeness (QED) is 0.898. The van der Waals surface area contributed by atoms with Gasteiger partial charge in [0.15, 0.2) is 0 Å². The summed E-state index contributed by atoms with van der Waals surface area (Å²) in [5.74, 6) is 0. The number of hydrogen-bond donors (Lipinski definition) is 1. The summed E-state index contributed by atoms with van der Waals surface area (Å²) >= 11 is 1.78. The fraction of sp³-hybridized carbons (Fsp3) is 0.733. The maximum absolute atomic E-state index is 6.42. The van der Waals surface area contributed by atoms with E-state index in [-0.39, 0.29) is 6.04 Å². The Balaban J connectivity index is 2.21. The zero-order valence-electron chi connectivity index (χ0n) is 11.6. The minimum Gasteiger partial charge on any atom is -0.326 e. The molecule has 18 heavy (non-hydrogen) atoms. The van der Waals surface area contributed by atoms with Gasteiger partial charge in [-0.3, -0.25) is 4.90 Å². The normalized spacial score (nSPS) is 25.6. The minimum atomic E-state index is 0.250. The summed E-state index contributed by atoms with van der Waals surface area (Å²) < 4.78 is 0. The van der Waals surface area contributed by atoms with Crippen LogP contribution in [0.3, 0.4) is 0 Å². The second-order valence-electron chi connectivity index (χ2n) is 5.51. The molecule has 0 bridgehead atoms. The van der Waals surface area contributed by atoms with Crippen LogP contribution in [0.2, 0.25) is 0 Å². The first-order valence-corrected chi connectivity index (χ1v) is 8.21. The largest absolute Gasteiger partial charge is 0.326 e. The number of likely N-dealkylation sites (tertiary alicyclic amines) is 1. The van der Waals surface area contributed by atoms with Crippen molar-refractivity contribution in [2.45, 2.75) is 64.1 Å². The van der Waals surface area contributed by atoms with Crippen molar-refractivity contribution in [2.24, 2.45) is 5.73 Å². The van der Waals surface area contributed by atoms with Crippen LogP contribution in [-0.4, -0.2) is 23.5 Å². The first-order chi connectivity index (χ1) is 8.74. The fourth-order valence-electron chi connectivity index (χ4n) is 3.06. The molecule has 0 amide bonds. The first kappa shape index (κ1) is 14.0. The molecule has 1 aromatic rings. The molecule has 0 aromatic carbocycles. The third-order valence-corrected chi connectivity index (χ3v) is 4.92. The van der Waals surface area contributed by atoms with E-state index in [1.165, 1.54) is 37.8 Å². The summed E-state index contributed by atoms with van der Waals surface area (Å²) in [6.07, 6.45) is 6.43. The predicted molar refractivity (Wildman–Crippen MR) is 80.0 cm³/mol. The van der Waals surface area contributed by atoms with Crippen molar-refractivity contribution in [2.75, 3.05) is 6.54 Å². The van der Waals surface area contributed by atoms with E-state index in [1.54, 1.807) is 11.3 Å². The Morgan fingerprint density at radius 1 is 1.44 bits per heavy atom. The van der Waals surface area contributed by atoms with Gasteiger partial charge in [0.05, 0.1) is 6.04 Å². The van der Waals surface area contributed by atoms with Crippen LogP contribution in [-0.2, 0) is 0 Å². The van der Waals surface area contributed by atoms with Crippen molar-refractivity contribution in [1.29, 1.82) is 0 Å². The number of hydrogen-bond acceptors (Lipinski definition) is 3. The molecule has 102 valence electrons. The fourth-order valence-corrected chi connectivity index (χ4v) is 3.75. The van der Waals surface area contributed by atoms with Gasteiger partial charge in [-0.2, -0.15) is 11.3 Å². The molecule has 0 radical (unpaired) electrons. The zero-order chi connectivity index (χ0) is 13.0. The lowest BCUT2D eigenvalue weighted by Crippen LogP contribution is -2.44. The molecule has 1 aliphatic heterocycles. The monoisotopic (exact) mass is 266 g/mol. The summed E-state index contributed by atoms with van der Waals surface area (Å²) in [6, 6.07) is 3.58. The van der Waals surface area contributed by atoms with Crippen LogP contribution in [0.5, 0.6) is 0 Å². The Morgan fingerprint density at radius 3 is 2.94 bits per heavy atom. The van der Waals surface area contributed by atoms with Gasteiger partial charge in [-0.25, -0.2) is 0 Å². The molecule has 1 aromatic heterocycles. The Kier molecular flexibility index (Phi) is 5.22. The van der Waals surface area contributed by atoms with Crippen LogP contribution in [0.15, 0.2) is 16.8 Å². The lowest BCUT2D eigenvalue weighted by atomic mass is 9.97. The topological polar surface area (TPSA) is 29.3 Å². The molecule has 2 N–H and O–H groups in total. The van der Waals surface area contributed by atoms with Gasteiger partial charge >= 0.3 is 0 Å². The van der Waals surface area contributed by atoms with Gasteiger partial charge in [0, 0.05) is 12.1 Å². The Labute approximate surface area is 115 Å². The third kappa shape index (κ3) is 3.14. The summed E-state index contributed by atoms with van der Waals surface area (Å²) in [5, 5.41) is 4.45. The van der Waals surface area contributed by atoms with Gasteiger partial charge < -0.3 is 5.73 Å². The van der Waals surface area contributed by atoms with E-state index in [9.17, 15) is 0 Å². The second-order valence-corrected chi connectivity index (χ2v) is 6.29. The van der Waals surface area contributed by atoms with Crippen LogP contribution in [0.1, 0.15) is 57.6 Å². The SMILES string of the molecule is CCC(N)C(c1ccsc1)N1CCCCCC1C. The molecule has 2 rings (SSSR count). The highest BCUT2D eigenvalue weighted by Crippen LogP contribution is 2.31. The van der Waals surface area contributed by atoms with Gasteiger partial charge in [-0.05, 0) is 55.1 Å². The molecule has 3 unspecified atom stereocenters. The van der Waals surface area contributed by atoms with E-state index in [2.05, 4.69) is 35.6 Å². The molecular weight excluding hydrogens is 240 g/mol. The number of nitrogens with two attached hydrogens (primary N) is 1. The average molecular weight is 266 g/mol. The molecule has 0 saturated carbocycles. The smallest absolute Gasteiger partial charge is 0.0510 e. The van der Waals surface area contributed by atoms with Crippen molar-refractivity contribution in [3.63, 3.8) is 0 Å². The number of nitrogens with zero attached hydrogens (tertiary/aromatic N) is 1. The highest BCUT2D eigenvalue weighted by atomic mass is 32.1. The molecule has 0 aliphatic carbocycles. The lowest BCUT2D eigenvalue weighted by molar-refractivity contribution is 0.125. The van der Waals surface area contributed by atoms with E-state index in [0.717, 1.165) is 6.42 Å². The van der Waals surface area contributed by atoms with Crippen LogP contribution in [0.4, 0.5) is 0 Å². The maximum atomic E-state index is 6.42. The first-order valence-electron chi connectivity index (χ1n) is 7.27. The molecule has 1 aliphatic rings. The van der Waals surface area contributed by atoms with Gasteiger partial charge in [0.1, 0.15) is 0 Å². The molecule has 2 nitrogen and oxygen atoms in total. The van der Waals surface area contributed by atoms with Crippen LogP contribution in [0, 0.1) is 0 Å². The summed E-state index contributed by atoms with van der Waals surface area (Å²) in [4.78, 5) is 2.66. The number of rotatable bonds is 4. The molecule has 1 fully saturated rings. The van der Waals surface area contributed by atoms with Gasteiger partial charge in [0.25, 0.3) is 0 Å². The van der Waals surface area contributed by atoms with Crippen molar-refractivity contribution in [3.8, 4) is 0 Å². The van der Waals surface area contributed by atoms with Crippen LogP contribution < -0.4 is 5.73 Å². The standard InChI is InChI=1S/C15H26N2S/c1-3-14(16)15(13-8-10-18-11-13)17-9-6-4-5-7-12(17)2/h8,10-12,14-15H,3-7,9,16H2,1-2H3. The summed E-state index contributed by atoms with van der Waals surface area (Å²) in [7, 11) is 0. The van der Waals surface area contributed by atoms with Crippen molar-refractivity contribution < 1.29 is 0 Å². The molecule has 0 spiro atoms. The van der Waals surface area contributed by atoms with E-state index in [4.69, 9.17) is 5.73 Å². The summed E-state index contributed by atoms with van der Waals surface area (Å²) in [5.41, 5.74) is 7.84. The molecular formula is C15H26N2S. The molecule has 3 heteroatoms. The van der Waals surface area contributed by atoms with E-state index in [1.807, 2.05) is 0 Å². The third-order valence-electron chi connectivity index (χ3n) is 4.22. The Bertz CT molecular complexity index is 336. The van der Waals surface area contributed by atoms with Gasteiger partial charge in [-0.1, -0.05) is 19.8 Å². The summed E-state index contributed by atoms with van der Waals surface area (Å²) in [6.45, 7) is 5.77. The average Bonchev–Trinajstić information content (AvgIpc) is 2.81. The Hall–Kier alpha value is -0.380. The van der Waals surface area contributed by atoms with Crippen LogP contribution in [0.25, 0.3) is 0 Å². The van der Waals surface area contributed by atoms with E-state index in [0.29, 0.717) is 12.1 Å². The highest BCUT2D eigenvalue weighted by Gasteiger charge is 2.30. The van der Waals surface area contributed by atoms with Gasteiger partial charge in [0.2, 0.25) is 0 Å². The number of thiophene rings is 1. The van der Waals surface area contributed by atoms with Gasteiger partial charge in [-0.15, -0.1) is 0 Å². The van der Waals surface area contributed by atoms with Crippen LogP contribution >= 0.6 is 11.3 Å². The van der Waals surface area contributed by atoms with Crippen molar-refractivity contribution in [3.05, 3.63) is 22.4 Å². The lowest BCUT2D eigenvalue weighted by Gasteiger charge is -2.38. The van der Waals surface area contributed by atoms with Crippen molar-refractivity contribution in [1.82, 2.24) is 4.90 Å². The molecule has 1 saturated heterocycles. The molecule has 2 heterocycles. The van der Waals surface area contributed by atoms with Crippen molar-refractivity contribution >= 4 is 11.3 Å². The predicted octanol–water partition coefficient (Wildman–Crippen LogP) is 3.79. The minimum absolute atomic E-state index is 0.250. The zero-order valence-corrected chi connectivity index (χ0v) is 12.5. The molecule has 3 atom stereocenters. The second kappa shape index (κ2) is 6.69. The van der Waals surface area contributed by atoms with E-state index < -0.39 is 0 Å². The van der Waals surface area contributed by atoms with E-state index >= 15 is 0 Å². The Morgan fingerprint density at radius 2 is 2.28 bits per heavy atom. The maximum Gasteiger partial charge on any atom is 0.0510 e.